The van der Waals surface area contributed by atoms with Gasteiger partial charge in [0.2, 0.25) is 0 Å². The molecule has 2 aliphatic rings. The number of benzene rings is 2. The number of Topliss-reactive ketones (excluding diaryl/α,β-unsaturated/α-hetero) is 2. The van der Waals surface area contributed by atoms with Crippen molar-refractivity contribution < 1.29 is 38.8 Å². The van der Waals surface area contributed by atoms with Crippen LogP contribution in [0.25, 0.3) is 0 Å². The summed E-state index contributed by atoms with van der Waals surface area (Å²) >= 11 is 0. The van der Waals surface area contributed by atoms with Gasteiger partial charge in [-0.1, -0.05) is 12.1 Å². The average Bonchev–Trinajstić information content (AvgIpc) is 3.14. The number of fused-ring (bicyclic) bond motifs is 3. The van der Waals surface area contributed by atoms with Gasteiger partial charge in [-0.25, -0.2) is 0 Å². The fourth-order valence-corrected chi connectivity index (χ4v) is 4.91. The third-order valence-corrected chi connectivity index (χ3v) is 6.94. The van der Waals surface area contributed by atoms with Crippen LogP contribution in [0.1, 0.15) is 61.7 Å². The van der Waals surface area contributed by atoms with Crippen molar-refractivity contribution in [1.82, 2.24) is 5.32 Å². The van der Waals surface area contributed by atoms with E-state index in [-0.39, 0.29) is 52.2 Å². The number of allylic oxidation sites excluding steroid dienone is 4. The van der Waals surface area contributed by atoms with Crippen molar-refractivity contribution in [1.29, 1.82) is 0 Å². The lowest BCUT2D eigenvalue weighted by Crippen LogP contribution is -2.41. The van der Waals surface area contributed by atoms with Gasteiger partial charge in [-0.3, -0.25) is 14.4 Å². The van der Waals surface area contributed by atoms with Gasteiger partial charge in [-0.2, -0.15) is 0 Å². The van der Waals surface area contributed by atoms with Crippen molar-refractivity contribution in [2.24, 2.45) is 0 Å². The number of phenolic OH excluding ortho intramolecular Hbond substituents is 2. The number of phenols is 2. The first-order valence-electron chi connectivity index (χ1n) is 12.2. The molecule has 2 aromatic carbocycles. The van der Waals surface area contributed by atoms with Crippen LogP contribution < -0.4 is 19.5 Å². The zero-order valence-corrected chi connectivity index (χ0v) is 22.4. The summed E-state index contributed by atoms with van der Waals surface area (Å²) in [5.41, 5.74) is -0.644. The van der Waals surface area contributed by atoms with Gasteiger partial charge in [-0.15, -0.1) is 0 Å². The number of hydrogen-bond donors (Lipinski definition) is 3. The normalized spacial score (nSPS) is 19.4. The summed E-state index contributed by atoms with van der Waals surface area (Å²) in [6, 6.07) is 5.46. The van der Waals surface area contributed by atoms with Crippen LogP contribution in [0.3, 0.4) is 0 Å². The van der Waals surface area contributed by atoms with E-state index in [1.807, 2.05) is 26.0 Å². The Morgan fingerprint density at radius 3 is 2.45 bits per heavy atom. The molecule has 1 heterocycles. The lowest BCUT2D eigenvalue weighted by atomic mass is 9.70. The van der Waals surface area contributed by atoms with Crippen LogP contribution in [0.2, 0.25) is 0 Å². The zero-order chi connectivity index (χ0) is 28.1. The largest absolute Gasteiger partial charge is 0.507 e. The Balaban J connectivity index is 1.78. The predicted molar refractivity (Wildman–Crippen MR) is 139 cm³/mol. The van der Waals surface area contributed by atoms with Crippen LogP contribution in [0.15, 0.2) is 41.3 Å². The highest BCUT2D eigenvalue weighted by atomic mass is 16.5. The van der Waals surface area contributed by atoms with Gasteiger partial charge in [0, 0.05) is 29.4 Å². The molecule has 4 rings (SSSR count). The average molecular weight is 522 g/mol. The fraction of sp³-hybridized carbons (Fsp3) is 0.345. The van der Waals surface area contributed by atoms with Crippen molar-refractivity contribution in [3.8, 4) is 28.7 Å². The van der Waals surface area contributed by atoms with Crippen molar-refractivity contribution in [2.45, 2.75) is 59.6 Å². The van der Waals surface area contributed by atoms with E-state index in [2.05, 4.69) is 5.32 Å². The zero-order valence-electron chi connectivity index (χ0n) is 22.4. The van der Waals surface area contributed by atoms with Gasteiger partial charge in [0.1, 0.15) is 34.0 Å². The summed E-state index contributed by atoms with van der Waals surface area (Å²) in [7, 11) is 1.55. The highest BCUT2D eigenvalue weighted by molar-refractivity contribution is 6.31. The van der Waals surface area contributed by atoms with E-state index in [4.69, 9.17) is 14.2 Å². The van der Waals surface area contributed by atoms with E-state index in [1.54, 1.807) is 20.1 Å². The standard InChI is InChI=1S/C29H31NO8/c1-13(2)37-26-17(9-8-10-19(26)36-7)12-30-15(4)21-18(32)11-20-29(6,28(21)35)23-25(34)14(3)24(33)22(16(5)31)27(23)38-20/h8-11,13,30,33-34H,12H2,1-7H3/t29-/m0/s1. The molecule has 0 radical (unpaired) electrons. The lowest BCUT2D eigenvalue weighted by Gasteiger charge is -2.29. The van der Waals surface area contributed by atoms with E-state index >= 15 is 0 Å². The fourth-order valence-electron chi connectivity index (χ4n) is 4.91. The molecular weight excluding hydrogens is 490 g/mol. The maximum absolute atomic E-state index is 14.0. The van der Waals surface area contributed by atoms with Gasteiger partial charge in [-0.05, 0) is 47.6 Å². The third-order valence-electron chi connectivity index (χ3n) is 6.94. The number of hydrogen-bond acceptors (Lipinski definition) is 9. The molecule has 3 N–H and O–H groups in total. The van der Waals surface area contributed by atoms with Crippen molar-refractivity contribution in [2.75, 3.05) is 7.11 Å². The van der Waals surface area contributed by atoms with E-state index in [1.165, 1.54) is 26.8 Å². The Bertz CT molecular complexity index is 1450. The minimum Gasteiger partial charge on any atom is -0.507 e. The van der Waals surface area contributed by atoms with Crippen LogP contribution in [-0.4, -0.2) is 40.8 Å². The molecular formula is C29H31NO8. The number of para-hydroxylation sites is 1. The molecule has 0 unspecified atom stereocenters. The summed E-state index contributed by atoms with van der Waals surface area (Å²) in [6.07, 6.45) is 1.09. The molecule has 9 nitrogen and oxygen atoms in total. The lowest BCUT2D eigenvalue weighted by molar-refractivity contribution is -0.123. The van der Waals surface area contributed by atoms with Crippen molar-refractivity contribution in [3.05, 3.63) is 63.6 Å². The SMILES string of the molecule is COc1cccc(CNC(C)=C2C(=O)C=C3Oc4c(C(C)=O)c(O)c(C)c(O)c4[C@@]3(C)C2=O)c1OC(C)C. The van der Waals surface area contributed by atoms with Crippen LogP contribution in [-0.2, 0) is 21.5 Å². The minimum atomic E-state index is -1.57. The molecule has 200 valence electrons. The van der Waals surface area contributed by atoms with Gasteiger partial charge in [0.05, 0.1) is 24.4 Å². The first-order chi connectivity index (χ1) is 17.8. The summed E-state index contributed by atoms with van der Waals surface area (Å²) < 4.78 is 17.2. The Morgan fingerprint density at radius 1 is 1.16 bits per heavy atom. The molecule has 0 saturated carbocycles. The summed E-state index contributed by atoms with van der Waals surface area (Å²) in [6.45, 7) is 9.88. The molecule has 1 aliphatic heterocycles. The van der Waals surface area contributed by atoms with E-state index in [9.17, 15) is 24.6 Å². The molecule has 0 bridgehead atoms. The Hall–Kier alpha value is -4.27. The predicted octanol–water partition coefficient (Wildman–Crippen LogP) is 4.15. The van der Waals surface area contributed by atoms with Crippen LogP contribution in [0.4, 0.5) is 0 Å². The molecule has 2 aromatic rings. The number of carbonyl (C=O) groups is 3. The number of carbonyl (C=O) groups excluding carboxylic acids is 3. The highest BCUT2D eigenvalue weighted by Crippen LogP contribution is 2.57. The Morgan fingerprint density at radius 2 is 1.84 bits per heavy atom. The minimum absolute atomic E-state index is 0.0118. The smallest absolute Gasteiger partial charge is 0.194 e. The van der Waals surface area contributed by atoms with Crippen LogP contribution in [0.5, 0.6) is 28.7 Å². The quantitative estimate of drug-likeness (QED) is 0.279. The van der Waals surface area contributed by atoms with Crippen LogP contribution >= 0.6 is 0 Å². The molecule has 0 amide bonds. The molecule has 0 saturated heterocycles. The molecule has 38 heavy (non-hydrogen) atoms. The molecule has 9 heteroatoms. The first-order valence-corrected chi connectivity index (χ1v) is 12.2. The van der Waals surface area contributed by atoms with Crippen LogP contribution in [0, 0.1) is 6.92 Å². The number of ketones is 3. The van der Waals surface area contributed by atoms with Gasteiger partial charge < -0.3 is 29.7 Å². The summed E-state index contributed by atoms with van der Waals surface area (Å²) in [5.74, 6) is -1.49. The number of aromatic hydroxyl groups is 2. The van der Waals surface area contributed by atoms with Gasteiger partial charge in [0.15, 0.2) is 28.8 Å². The number of methoxy groups -OCH3 is 1. The van der Waals surface area contributed by atoms with Crippen molar-refractivity contribution in [3.63, 3.8) is 0 Å². The van der Waals surface area contributed by atoms with Crippen molar-refractivity contribution >= 4 is 17.3 Å². The molecule has 0 fully saturated rings. The number of rotatable bonds is 7. The second-order valence-electron chi connectivity index (χ2n) is 9.86. The molecule has 0 aromatic heterocycles. The Labute approximate surface area is 220 Å². The monoisotopic (exact) mass is 521 g/mol. The number of nitrogens with one attached hydrogen (secondary N) is 1. The molecule has 0 spiro atoms. The number of ether oxygens (including phenoxy) is 3. The maximum Gasteiger partial charge on any atom is 0.194 e. The van der Waals surface area contributed by atoms with Gasteiger partial charge >= 0.3 is 0 Å². The molecule has 1 aliphatic carbocycles. The second-order valence-corrected chi connectivity index (χ2v) is 9.86. The second kappa shape index (κ2) is 9.55. The van der Waals surface area contributed by atoms with Gasteiger partial charge in [0.25, 0.3) is 0 Å². The van der Waals surface area contributed by atoms with E-state index < -0.39 is 28.5 Å². The Kier molecular flexibility index (Phi) is 6.73. The highest BCUT2D eigenvalue weighted by Gasteiger charge is 2.56. The maximum atomic E-state index is 14.0. The summed E-state index contributed by atoms with van der Waals surface area (Å²) in [5, 5.41) is 24.6. The molecule has 1 atom stereocenters. The summed E-state index contributed by atoms with van der Waals surface area (Å²) in [4.78, 5) is 39.4. The van der Waals surface area contributed by atoms with E-state index in [0.29, 0.717) is 17.2 Å². The topological polar surface area (TPSA) is 131 Å². The van der Waals surface area contributed by atoms with E-state index in [0.717, 1.165) is 5.56 Å². The third kappa shape index (κ3) is 3.98. The first kappa shape index (κ1) is 26.8.